The lowest BCUT2D eigenvalue weighted by Crippen LogP contribution is -1.99. The summed E-state index contributed by atoms with van der Waals surface area (Å²) in [5.41, 5.74) is 0.725. The van der Waals surface area contributed by atoms with Crippen molar-refractivity contribution in [3.8, 4) is 11.5 Å². The van der Waals surface area contributed by atoms with Crippen LogP contribution in [0.25, 0.3) is 0 Å². The first-order valence-corrected chi connectivity index (χ1v) is 9.36. The van der Waals surface area contributed by atoms with Crippen molar-refractivity contribution < 1.29 is 10.2 Å². The van der Waals surface area contributed by atoms with E-state index in [0.29, 0.717) is 0 Å². The molecule has 2 heteroatoms. The van der Waals surface area contributed by atoms with E-state index in [1.165, 1.54) is 38.5 Å². The van der Waals surface area contributed by atoms with Gasteiger partial charge in [0, 0.05) is 5.56 Å². The topological polar surface area (TPSA) is 40.5 Å². The minimum Gasteiger partial charge on any atom is -0.508 e. The lowest BCUT2D eigenvalue weighted by atomic mass is 9.88. The van der Waals surface area contributed by atoms with Gasteiger partial charge in [-0.15, -0.1) is 0 Å². The Hall–Kier alpha value is -1.44. The van der Waals surface area contributed by atoms with Crippen LogP contribution in [-0.2, 0) is 0 Å². The summed E-state index contributed by atoms with van der Waals surface area (Å²) >= 11 is 0. The van der Waals surface area contributed by atoms with E-state index in [9.17, 15) is 10.2 Å². The zero-order chi connectivity index (χ0) is 16.9. The van der Waals surface area contributed by atoms with E-state index in [4.69, 9.17) is 0 Å². The molecule has 1 atom stereocenters. The number of allylic oxidation sites excluding steroid dienone is 2. The molecule has 0 aliphatic carbocycles. The Morgan fingerprint density at radius 2 is 1.52 bits per heavy atom. The van der Waals surface area contributed by atoms with Crippen molar-refractivity contribution in [1.29, 1.82) is 0 Å². The van der Waals surface area contributed by atoms with Gasteiger partial charge in [-0.1, -0.05) is 77.0 Å². The van der Waals surface area contributed by atoms with E-state index < -0.39 is 0 Å². The van der Waals surface area contributed by atoms with Crippen molar-refractivity contribution in [2.24, 2.45) is 0 Å². The zero-order valence-corrected chi connectivity index (χ0v) is 14.9. The van der Waals surface area contributed by atoms with Crippen LogP contribution in [0.3, 0.4) is 0 Å². The quantitative estimate of drug-likeness (QED) is 0.333. The molecule has 1 rings (SSSR count). The third-order valence-electron chi connectivity index (χ3n) is 4.44. The molecule has 0 spiro atoms. The van der Waals surface area contributed by atoms with E-state index >= 15 is 0 Å². The Morgan fingerprint density at radius 1 is 0.870 bits per heavy atom. The van der Waals surface area contributed by atoms with Crippen LogP contribution in [0.1, 0.15) is 89.5 Å². The minimum absolute atomic E-state index is 0.204. The van der Waals surface area contributed by atoms with Crippen LogP contribution in [0.4, 0.5) is 0 Å². The monoisotopic (exact) mass is 318 g/mol. The van der Waals surface area contributed by atoms with Crippen LogP contribution in [0.5, 0.6) is 11.5 Å². The number of unbranched alkanes of at least 4 members (excludes halogenated alkanes) is 6. The molecule has 0 aliphatic heterocycles. The molecule has 0 saturated carbocycles. The predicted octanol–water partition coefficient (Wildman–Crippen LogP) is 6.68. The number of benzene rings is 1. The fraction of sp³-hybridized carbons (Fsp3) is 0.619. The van der Waals surface area contributed by atoms with Gasteiger partial charge in [-0.3, -0.25) is 0 Å². The summed E-state index contributed by atoms with van der Waals surface area (Å²) < 4.78 is 0. The van der Waals surface area contributed by atoms with Crippen LogP contribution in [-0.4, -0.2) is 10.2 Å². The first kappa shape index (κ1) is 19.6. The number of aromatic hydroxyl groups is 2. The van der Waals surface area contributed by atoms with E-state index in [1.54, 1.807) is 18.2 Å². The molecule has 1 aromatic rings. The van der Waals surface area contributed by atoms with E-state index in [-0.39, 0.29) is 17.4 Å². The standard InChI is InChI=1S/C21H34O2/c1-3-5-7-9-11-14-18(15-12-10-8-6-4-2)21-19(22)16-13-17-20(21)23/h9,11,13,16-18,22-23H,3-8,10,12,14-15H2,1-2H3/b11-9+. The Morgan fingerprint density at radius 3 is 2.17 bits per heavy atom. The molecule has 0 fully saturated rings. The number of hydrogen-bond acceptors (Lipinski definition) is 2. The minimum atomic E-state index is 0.204. The summed E-state index contributed by atoms with van der Waals surface area (Å²) in [5, 5.41) is 20.3. The second kappa shape index (κ2) is 12.0. The maximum Gasteiger partial charge on any atom is 0.122 e. The van der Waals surface area contributed by atoms with Crippen molar-refractivity contribution >= 4 is 0 Å². The molecule has 0 heterocycles. The Labute approximate surface area is 142 Å². The van der Waals surface area contributed by atoms with Crippen LogP contribution >= 0.6 is 0 Å². The third-order valence-corrected chi connectivity index (χ3v) is 4.44. The summed E-state index contributed by atoms with van der Waals surface area (Å²) in [6.07, 6.45) is 16.1. The smallest absolute Gasteiger partial charge is 0.122 e. The van der Waals surface area contributed by atoms with Gasteiger partial charge >= 0.3 is 0 Å². The summed E-state index contributed by atoms with van der Waals surface area (Å²) in [7, 11) is 0. The molecule has 0 bridgehead atoms. The van der Waals surface area contributed by atoms with Crippen molar-refractivity contribution in [3.05, 3.63) is 35.9 Å². The molecule has 130 valence electrons. The van der Waals surface area contributed by atoms with E-state index in [1.807, 2.05) is 0 Å². The summed E-state index contributed by atoms with van der Waals surface area (Å²) in [5.74, 6) is 0.659. The average Bonchev–Trinajstić information content (AvgIpc) is 2.53. The summed E-state index contributed by atoms with van der Waals surface area (Å²) in [6.45, 7) is 4.43. The van der Waals surface area contributed by atoms with Crippen LogP contribution < -0.4 is 0 Å². The maximum atomic E-state index is 10.2. The first-order valence-electron chi connectivity index (χ1n) is 9.36. The molecule has 0 amide bonds. The largest absolute Gasteiger partial charge is 0.508 e. The summed E-state index contributed by atoms with van der Waals surface area (Å²) in [6, 6.07) is 5.06. The van der Waals surface area contributed by atoms with Crippen molar-refractivity contribution in [2.75, 3.05) is 0 Å². The van der Waals surface area contributed by atoms with Crippen molar-refractivity contribution in [1.82, 2.24) is 0 Å². The highest BCUT2D eigenvalue weighted by atomic mass is 16.3. The molecule has 23 heavy (non-hydrogen) atoms. The molecule has 2 N–H and O–H groups in total. The van der Waals surface area contributed by atoms with Gasteiger partial charge in [0.1, 0.15) is 11.5 Å². The fourth-order valence-corrected chi connectivity index (χ4v) is 3.03. The predicted molar refractivity (Wildman–Crippen MR) is 99.2 cm³/mol. The number of rotatable bonds is 12. The van der Waals surface area contributed by atoms with Crippen molar-refractivity contribution in [3.63, 3.8) is 0 Å². The highest BCUT2D eigenvalue weighted by Gasteiger charge is 2.18. The lowest BCUT2D eigenvalue weighted by Gasteiger charge is -2.18. The molecule has 0 radical (unpaired) electrons. The van der Waals surface area contributed by atoms with Gasteiger partial charge in [-0.25, -0.2) is 0 Å². The normalized spacial score (nSPS) is 12.8. The molecule has 2 nitrogen and oxygen atoms in total. The van der Waals surface area contributed by atoms with Gasteiger partial charge in [0.2, 0.25) is 0 Å². The number of phenols is 2. The highest BCUT2D eigenvalue weighted by Crippen LogP contribution is 2.38. The Kier molecular flexibility index (Phi) is 10.3. The third kappa shape index (κ3) is 7.58. The van der Waals surface area contributed by atoms with Gasteiger partial charge in [0.25, 0.3) is 0 Å². The molecular formula is C21H34O2. The van der Waals surface area contributed by atoms with Gasteiger partial charge < -0.3 is 10.2 Å². The van der Waals surface area contributed by atoms with Gasteiger partial charge in [0.15, 0.2) is 0 Å². The molecule has 0 aliphatic rings. The second-order valence-electron chi connectivity index (χ2n) is 6.46. The highest BCUT2D eigenvalue weighted by molar-refractivity contribution is 5.45. The Bertz CT molecular complexity index is 431. The summed E-state index contributed by atoms with van der Waals surface area (Å²) in [4.78, 5) is 0. The molecule has 1 aromatic carbocycles. The molecule has 1 unspecified atom stereocenters. The SMILES string of the molecule is CCCC/C=C/CC(CCCCCCC)c1c(O)cccc1O. The molecular weight excluding hydrogens is 284 g/mol. The van der Waals surface area contributed by atoms with E-state index in [0.717, 1.165) is 31.2 Å². The fourth-order valence-electron chi connectivity index (χ4n) is 3.03. The first-order chi connectivity index (χ1) is 11.2. The van der Waals surface area contributed by atoms with E-state index in [2.05, 4.69) is 26.0 Å². The molecule has 0 aromatic heterocycles. The molecule has 0 saturated heterocycles. The number of hydrogen-bond donors (Lipinski definition) is 2. The van der Waals surface area contributed by atoms with Crippen LogP contribution in [0.2, 0.25) is 0 Å². The number of phenolic OH excluding ortho intramolecular Hbond substituents is 2. The lowest BCUT2D eigenvalue weighted by molar-refractivity contribution is 0.420. The van der Waals surface area contributed by atoms with Gasteiger partial charge in [0.05, 0.1) is 0 Å². The van der Waals surface area contributed by atoms with Gasteiger partial charge in [-0.05, 0) is 37.3 Å². The van der Waals surface area contributed by atoms with Crippen LogP contribution in [0.15, 0.2) is 30.4 Å². The van der Waals surface area contributed by atoms with Crippen LogP contribution in [0, 0.1) is 0 Å². The van der Waals surface area contributed by atoms with Gasteiger partial charge in [-0.2, -0.15) is 0 Å². The Balaban J connectivity index is 2.66. The second-order valence-corrected chi connectivity index (χ2v) is 6.46. The average molecular weight is 319 g/mol. The maximum absolute atomic E-state index is 10.2. The van der Waals surface area contributed by atoms with Crippen molar-refractivity contribution in [2.45, 2.75) is 84.0 Å². The zero-order valence-electron chi connectivity index (χ0n) is 14.9.